The molecular formula is C12H21ClN4O2S. The predicted molar refractivity (Wildman–Crippen MR) is 81.8 cm³/mol. The third-order valence-electron chi connectivity index (χ3n) is 2.73. The van der Waals surface area contributed by atoms with Gasteiger partial charge in [0, 0.05) is 17.5 Å². The molecule has 6 nitrogen and oxygen atoms in total. The van der Waals surface area contributed by atoms with E-state index in [1.807, 2.05) is 20.8 Å². The SMILES string of the molecule is CNS(=O)(=O)CCNc1nc(C(C)(C)C)nc(Cl)c1C. The fourth-order valence-corrected chi connectivity index (χ4v) is 2.15. The minimum Gasteiger partial charge on any atom is -0.369 e. The molecule has 0 saturated heterocycles. The lowest BCUT2D eigenvalue weighted by molar-refractivity contribution is 0.545. The number of hydrogen-bond acceptors (Lipinski definition) is 5. The van der Waals surface area contributed by atoms with Crippen LogP contribution >= 0.6 is 11.6 Å². The third kappa shape index (κ3) is 4.57. The summed E-state index contributed by atoms with van der Waals surface area (Å²) in [6.45, 7) is 8.01. The Morgan fingerprint density at radius 3 is 2.35 bits per heavy atom. The van der Waals surface area contributed by atoms with Crippen LogP contribution in [-0.4, -0.2) is 37.7 Å². The molecule has 0 amide bonds. The van der Waals surface area contributed by atoms with Gasteiger partial charge in [0.15, 0.2) is 0 Å². The van der Waals surface area contributed by atoms with Crippen LogP contribution in [0.1, 0.15) is 32.2 Å². The first-order chi connectivity index (χ1) is 9.07. The van der Waals surface area contributed by atoms with Crippen LogP contribution in [0.15, 0.2) is 0 Å². The van der Waals surface area contributed by atoms with Crippen LogP contribution in [0, 0.1) is 6.92 Å². The van der Waals surface area contributed by atoms with Crippen molar-refractivity contribution in [3.8, 4) is 0 Å². The van der Waals surface area contributed by atoms with E-state index in [0.29, 0.717) is 22.4 Å². The quantitative estimate of drug-likeness (QED) is 0.807. The Bertz CT molecular complexity index is 582. The van der Waals surface area contributed by atoms with Crippen molar-refractivity contribution in [1.29, 1.82) is 0 Å². The molecule has 1 rings (SSSR count). The van der Waals surface area contributed by atoms with Gasteiger partial charge in [-0.05, 0) is 14.0 Å². The Morgan fingerprint density at radius 2 is 1.85 bits per heavy atom. The molecule has 0 aliphatic carbocycles. The Kier molecular flexibility index (Phi) is 5.34. The fourth-order valence-electron chi connectivity index (χ4n) is 1.40. The molecule has 0 fully saturated rings. The van der Waals surface area contributed by atoms with E-state index in [1.165, 1.54) is 7.05 Å². The van der Waals surface area contributed by atoms with Gasteiger partial charge in [0.2, 0.25) is 10.0 Å². The van der Waals surface area contributed by atoms with Crippen LogP contribution in [0.5, 0.6) is 0 Å². The molecular weight excluding hydrogens is 300 g/mol. The summed E-state index contributed by atoms with van der Waals surface area (Å²) in [4.78, 5) is 8.69. The summed E-state index contributed by atoms with van der Waals surface area (Å²) in [5, 5.41) is 3.38. The minimum atomic E-state index is -3.24. The smallest absolute Gasteiger partial charge is 0.213 e. The highest BCUT2D eigenvalue weighted by atomic mass is 35.5. The minimum absolute atomic E-state index is 0.0323. The lowest BCUT2D eigenvalue weighted by Crippen LogP contribution is -2.27. The van der Waals surface area contributed by atoms with E-state index in [9.17, 15) is 8.42 Å². The largest absolute Gasteiger partial charge is 0.369 e. The maximum Gasteiger partial charge on any atom is 0.213 e. The number of hydrogen-bond donors (Lipinski definition) is 2. The molecule has 0 aliphatic rings. The van der Waals surface area contributed by atoms with E-state index < -0.39 is 10.0 Å². The predicted octanol–water partition coefficient (Wildman–Crippen LogP) is 1.70. The van der Waals surface area contributed by atoms with Gasteiger partial charge in [-0.3, -0.25) is 0 Å². The van der Waals surface area contributed by atoms with Gasteiger partial charge in [-0.25, -0.2) is 23.1 Å². The lowest BCUT2D eigenvalue weighted by Gasteiger charge is -2.19. The zero-order chi connectivity index (χ0) is 15.6. The zero-order valence-corrected chi connectivity index (χ0v) is 14.0. The van der Waals surface area contributed by atoms with E-state index >= 15 is 0 Å². The van der Waals surface area contributed by atoms with Gasteiger partial charge in [0.1, 0.15) is 16.8 Å². The van der Waals surface area contributed by atoms with Crippen molar-refractivity contribution in [3.05, 3.63) is 16.5 Å². The number of rotatable bonds is 5. The first-order valence-electron chi connectivity index (χ1n) is 6.26. The van der Waals surface area contributed by atoms with Crippen molar-refractivity contribution in [3.63, 3.8) is 0 Å². The van der Waals surface area contributed by atoms with Crippen molar-refractivity contribution in [2.75, 3.05) is 24.7 Å². The molecule has 0 spiro atoms. The highest BCUT2D eigenvalue weighted by molar-refractivity contribution is 7.89. The zero-order valence-electron chi connectivity index (χ0n) is 12.4. The average Bonchev–Trinajstić information content (AvgIpc) is 2.32. The maximum atomic E-state index is 11.4. The number of sulfonamides is 1. The molecule has 0 aromatic carbocycles. The van der Waals surface area contributed by atoms with Crippen LogP contribution in [-0.2, 0) is 15.4 Å². The molecule has 2 N–H and O–H groups in total. The van der Waals surface area contributed by atoms with Crippen molar-refractivity contribution in [2.24, 2.45) is 0 Å². The molecule has 114 valence electrons. The van der Waals surface area contributed by atoms with Gasteiger partial charge in [0.05, 0.1) is 5.75 Å². The first-order valence-corrected chi connectivity index (χ1v) is 8.29. The Morgan fingerprint density at radius 1 is 1.25 bits per heavy atom. The molecule has 0 atom stereocenters. The summed E-state index contributed by atoms with van der Waals surface area (Å²) in [7, 11) is -1.85. The molecule has 0 unspecified atom stereocenters. The van der Waals surface area contributed by atoms with Crippen LogP contribution < -0.4 is 10.0 Å². The number of nitrogens with one attached hydrogen (secondary N) is 2. The second-order valence-corrected chi connectivity index (χ2v) is 7.92. The van der Waals surface area contributed by atoms with Crippen LogP contribution in [0.25, 0.3) is 0 Å². The van der Waals surface area contributed by atoms with Gasteiger partial charge in [-0.15, -0.1) is 0 Å². The second-order valence-electron chi connectivity index (χ2n) is 5.51. The molecule has 1 aromatic heterocycles. The molecule has 0 bridgehead atoms. The molecule has 1 aromatic rings. The average molecular weight is 321 g/mol. The maximum absolute atomic E-state index is 11.4. The highest BCUT2D eigenvalue weighted by Gasteiger charge is 2.20. The topological polar surface area (TPSA) is 84.0 Å². The van der Waals surface area contributed by atoms with Gasteiger partial charge < -0.3 is 5.32 Å². The molecule has 0 aliphatic heterocycles. The standard InChI is InChI=1S/C12H21ClN4O2S/c1-8-9(13)16-11(12(2,3)4)17-10(8)15-6-7-20(18,19)14-5/h14H,6-7H2,1-5H3,(H,15,16,17). The monoisotopic (exact) mass is 320 g/mol. The summed E-state index contributed by atoms with van der Waals surface area (Å²) in [6.07, 6.45) is 0. The number of anilines is 1. The van der Waals surface area contributed by atoms with Gasteiger partial charge in [0.25, 0.3) is 0 Å². The normalized spacial score (nSPS) is 12.5. The van der Waals surface area contributed by atoms with Crippen molar-refractivity contribution >= 4 is 27.4 Å². The Hall–Kier alpha value is -0.920. The number of nitrogens with zero attached hydrogens (tertiary/aromatic N) is 2. The summed E-state index contributed by atoms with van der Waals surface area (Å²) in [5.74, 6) is 1.16. The second kappa shape index (κ2) is 6.24. The molecule has 0 radical (unpaired) electrons. The molecule has 8 heteroatoms. The Balaban J connectivity index is 2.93. The van der Waals surface area contributed by atoms with E-state index in [-0.39, 0.29) is 17.7 Å². The summed E-state index contributed by atoms with van der Waals surface area (Å²) in [6, 6.07) is 0. The highest BCUT2D eigenvalue weighted by Crippen LogP contribution is 2.25. The number of aromatic nitrogens is 2. The van der Waals surface area contributed by atoms with E-state index in [1.54, 1.807) is 6.92 Å². The van der Waals surface area contributed by atoms with Gasteiger partial charge in [-0.2, -0.15) is 0 Å². The van der Waals surface area contributed by atoms with Crippen molar-refractivity contribution in [2.45, 2.75) is 33.1 Å². The Labute approximate surface area is 125 Å². The summed E-state index contributed by atoms with van der Waals surface area (Å²) >= 11 is 6.10. The van der Waals surface area contributed by atoms with E-state index in [4.69, 9.17) is 11.6 Å². The molecule has 20 heavy (non-hydrogen) atoms. The molecule has 1 heterocycles. The van der Waals surface area contributed by atoms with Crippen LogP contribution in [0.4, 0.5) is 5.82 Å². The third-order valence-corrected chi connectivity index (χ3v) is 4.46. The van der Waals surface area contributed by atoms with E-state index in [2.05, 4.69) is 20.0 Å². The van der Waals surface area contributed by atoms with Crippen LogP contribution in [0.3, 0.4) is 0 Å². The molecule has 0 saturated carbocycles. The lowest BCUT2D eigenvalue weighted by atomic mass is 9.95. The fraction of sp³-hybridized carbons (Fsp3) is 0.667. The van der Waals surface area contributed by atoms with Crippen molar-refractivity contribution in [1.82, 2.24) is 14.7 Å². The summed E-state index contributed by atoms with van der Waals surface area (Å²) < 4.78 is 25.0. The first kappa shape index (κ1) is 17.1. The summed E-state index contributed by atoms with van der Waals surface area (Å²) in [5.41, 5.74) is 0.478. The van der Waals surface area contributed by atoms with Gasteiger partial charge in [-0.1, -0.05) is 32.4 Å². The van der Waals surface area contributed by atoms with Crippen LogP contribution in [0.2, 0.25) is 5.15 Å². The number of halogens is 1. The van der Waals surface area contributed by atoms with E-state index in [0.717, 1.165) is 0 Å². The van der Waals surface area contributed by atoms with Gasteiger partial charge >= 0.3 is 0 Å². The van der Waals surface area contributed by atoms with Crippen molar-refractivity contribution < 1.29 is 8.42 Å².